The molecular weight excluding hydrogens is 684 g/mol. The first kappa shape index (κ1) is 38.7. The zero-order chi connectivity index (χ0) is 38.2. The van der Waals surface area contributed by atoms with Crippen LogP contribution in [0.5, 0.6) is 46.0 Å². The number of hydrogen-bond donors (Lipinski definition) is 2. The van der Waals surface area contributed by atoms with Gasteiger partial charge in [-0.25, -0.2) is 0 Å². The smallest absolute Gasteiger partial charge is 0.161 e. The number of hydrogen-bond acceptors (Lipinski definition) is 10. The Kier molecular flexibility index (Phi) is 12.8. The first-order chi connectivity index (χ1) is 26.4. The first-order valence-corrected chi connectivity index (χ1v) is 18.5. The monoisotopic (exact) mass is 738 g/mol. The van der Waals surface area contributed by atoms with E-state index in [2.05, 4.69) is 71.3 Å². The van der Waals surface area contributed by atoms with Gasteiger partial charge in [0, 0.05) is 12.1 Å². The molecule has 0 spiro atoms. The Morgan fingerprint density at radius 2 is 0.722 bits per heavy atom. The average molecular weight is 739 g/mol. The first-order valence-electron chi connectivity index (χ1n) is 18.5. The SMILES string of the molecule is COc1cc(C/C=C/Cc2cc(OC)c(OC)cc2C[C@@H]2NCCc3cc(OC)c(OC)cc32)c(C[C@@H]2NCCc3cc(OC)c(OC)cc32)cc1OC. The molecule has 0 amide bonds. The van der Waals surface area contributed by atoms with Crippen molar-refractivity contribution in [2.75, 3.05) is 70.0 Å². The molecule has 2 N–H and O–H groups in total. The molecule has 0 aliphatic carbocycles. The Labute approximate surface area is 319 Å². The van der Waals surface area contributed by atoms with Crippen LogP contribution >= 0.6 is 0 Å². The van der Waals surface area contributed by atoms with Gasteiger partial charge in [-0.3, -0.25) is 0 Å². The Morgan fingerprint density at radius 1 is 0.426 bits per heavy atom. The van der Waals surface area contributed by atoms with Crippen molar-refractivity contribution in [1.82, 2.24) is 10.6 Å². The van der Waals surface area contributed by atoms with Gasteiger partial charge in [0.15, 0.2) is 46.0 Å². The van der Waals surface area contributed by atoms with E-state index in [4.69, 9.17) is 37.9 Å². The highest BCUT2D eigenvalue weighted by molar-refractivity contribution is 5.54. The third-order valence-electron chi connectivity index (χ3n) is 10.7. The molecule has 2 aliphatic heterocycles. The third-order valence-corrected chi connectivity index (χ3v) is 10.7. The second kappa shape index (κ2) is 17.8. The molecule has 4 aromatic carbocycles. The van der Waals surface area contributed by atoms with E-state index in [1.165, 1.54) is 44.5 Å². The third kappa shape index (κ3) is 8.20. The predicted molar refractivity (Wildman–Crippen MR) is 211 cm³/mol. The number of rotatable bonds is 16. The van der Waals surface area contributed by atoms with Crippen molar-refractivity contribution in [3.05, 3.63) is 105 Å². The van der Waals surface area contributed by atoms with E-state index >= 15 is 0 Å². The fraction of sp³-hybridized carbons (Fsp3) is 0.409. The van der Waals surface area contributed by atoms with E-state index < -0.39 is 0 Å². The van der Waals surface area contributed by atoms with Crippen LogP contribution < -0.4 is 48.5 Å². The summed E-state index contributed by atoms with van der Waals surface area (Å²) in [5, 5.41) is 7.49. The predicted octanol–water partition coefficient (Wildman–Crippen LogP) is 6.96. The normalized spacial score (nSPS) is 16.3. The average Bonchev–Trinajstić information content (AvgIpc) is 3.21. The van der Waals surface area contributed by atoms with Crippen LogP contribution in [0.15, 0.2) is 60.7 Å². The topological polar surface area (TPSA) is 97.9 Å². The van der Waals surface area contributed by atoms with E-state index in [9.17, 15) is 0 Å². The Hall–Kier alpha value is -5.06. The van der Waals surface area contributed by atoms with Crippen molar-refractivity contribution in [3.63, 3.8) is 0 Å². The standard InChI is InChI=1S/C44H54N2O8/c1-47-37-19-27(31(23-41(37)51-5)17-35-33-25-43(53-7)39(49-3)21-29(33)13-15-45-35)11-9-10-12-28-20-38(48-2)42(52-6)24-32(28)18-36-34-26-44(54-8)40(50-4)22-30(34)14-16-46-36/h9-10,19-26,35-36,45-46H,11-18H2,1-8H3/b10-9+/t35-,36-/m0/s1. The second-order valence-corrected chi connectivity index (χ2v) is 13.6. The van der Waals surface area contributed by atoms with E-state index in [1.54, 1.807) is 56.9 Å². The summed E-state index contributed by atoms with van der Waals surface area (Å²) in [7, 11) is 13.5. The summed E-state index contributed by atoms with van der Waals surface area (Å²) in [6, 6.07) is 17.1. The summed E-state index contributed by atoms with van der Waals surface area (Å²) in [5.41, 5.74) is 9.74. The molecule has 0 aromatic heterocycles. The zero-order valence-corrected chi connectivity index (χ0v) is 32.9. The fourth-order valence-electron chi connectivity index (χ4n) is 7.85. The molecule has 54 heavy (non-hydrogen) atoms. The number of nitrogens with one attached hydrogen (secondary N) is 2. The van der Waals surface area contributed by atoms with Gasteiger partial charge in [-0.1, -0.05) is 12.2 Å². The number of benzene rings is 4. The molecule has 10 heteroatoms. The van der Waals surface area contributed by atoms with E-state index in [0.29, 0.717) is 23.0 Å². The highest BCUT2D eigenvalue weighted by Gasteiger charge is 2.26. The van der Waals surface area contributed by atoms with Crippen molar-refractivity contribution in [2.24, 2.45) is 0 Å². The number of ether oxygens (including phenoxy) is 8. The number of allylic oxidation sites excluding steroid dienone is 2. The van der Waals surface area contributed by atoms with Gasteiger partial charge in [0.2, 0.25) is 0 Å². The minimum absolute atomic E-state index is 0.100. The van der Waals surface area contributed by atoms with Gasteiger partial charge in [0.1, 0.15) is 0 Å². The van der Waals surface area contributed by atoms with Crippen molar-refractivity contribution in [1.29, 1.82) is 0 Å². The van der Waals surface area contributed by atoms with E-state index in [1.807, 2.05) is 0 Å². The maximum absolute atomic E-state index is 5.76. The van der Waals surface area contributed by atoms with Crippen LogP contribution in [0.4, 0.5) is 0 Å². The maximum atomic E-state index is 5.76. The van der Waals surface area contributed by atoms with Crippen LogP contribution in [0, 0.1) is 0 Å². The van der Waals surface area contributed by atoms with Crippen molar-refractivity contribution >= 4 is 0 Å². The summed E-state index contributed by atoms with van der Waals surface area (Å²) < 4.78 is 45.6. The van der Waals surface area contributed by atoms with Gasteiger partial charge in [0.05, 0.1) is 56.9 Å². The molecule has 0 bridgehead atoms. The zero-order valence-electron chi connectivity index (χ0n) is 32.9. The summed E-state index contributed by atoms with van der Waals surface area (Å²) >= 11 is 0. The van der Waals surface area contributed by atoms with Gasteiger partial charge in [0.25, 0.3) is 0 Å². The van der Waals surface area contributed by atoms with E-state index in [0.717, 1.165) is 74.6 Å². The summed E-state index contributed by atoms with van der Waals surface area (Å²) in [5.74, 6) is 5.84. The lowest BCUT2D eigenvalue weighted by Crippen LogP contribution is -2.31. The molecule has 4 aromatic rings. The van der Waals surface area contributed by atoms with Gasteiger partial charge >= 0.3 is 0 Å². The second-order valence-electron chi connectivity index (χ2n) is 13.6. The van der Waals surface area contributed by atoms with Gasteiger partial charge in [-0.05, 0) is 145 Å². The molecule has 0 saturated heterocycles. The molecule has 0 unspecified atom stereocenters. The number of fused-ring (bicyclic) bond motifs is 2. The largest absolute Gasteiger partial charge is 0.493 e. The quantitative estimate of drug-likeness (QED) is 0.118. The summed E-state index contributed by atoms with van der Waals surface area (Å²) in [6.07, 6.45) is 9.35. The van der Waals surface area contributed by atoms with Crippen molar-refractivity contribution < 1.29 is 37.9 Å². The van der Waals surface area contributed by atoms with Gasteiger partial charge in [-0.2, -0.15) is 0 Å². The maximum Gasteiger partial charge on any atom is 0.161 e. The molecule has 0 saturated carbocycles. The molecule has 2 aliphatic rings. The Bertz CT molecular complexity index is 1820. The van der Waals surface area contributed by atoms with Crippen LogP contribution in [0.2, 0.25) is 0 Å². The van der Waals surface area contributed by atoms with Gasteiger partial charge < -0.3 is 48.5 Å². The van der Waals surface area contributed by atoms with E-state index in [-0.39, 0.29) is 12.1 Å². The Morgan fingerprint density at radius 3 is 1.06 bits per heavy atom. The number of methoxy groups -OCH3 is 8. The lowest BCUT2D eigenvalue weighted by molar-refractivity contribution is 0.351. The van der Waals surface area contributed by atoms with Crippen molar-refractivity contribution in [3.8, 4) is 46.0 Å². The molecule has 10 nitrogen and oxygen atoms in total. The summed E-state index contributed by atoms with van der Waals surface area (Å²) in [4.78, 5) is 0. The minimum atomic E-state index is 0.100. The van der Waals surface area contributed by atoms with Crippen LogP contribution in [0.25, 0.3) is 0 Å². The van der Waals surface area contributed by atoms with Crippen LogP contribution in [-0.2, 0) is 38.5 Å². The summed E-state index contributed by atoms with van der Waals surface area (Å²) in [6.45, 7) is 1.76. The highest BCUT2D eigenvalue weighted by Crippen LogP contribution is 2.40. The van der Waals surface area contributed by atoms with Crippen LogP contribution in [-0.4, -0.2) is 70.0 Å². The molecule has 288 valence electrons. The molecular formula is C44H54N2O8. The fourth-order valence-corrected chi connectivity index (χ4v) is 7.85. The van der Waals surface area contributed by atoms with Crippen molar-refractivity contribution in [2.45, 2.75) is 50.6 Å². The molecule has 0 radical (unpaired) electrons. The molecule has 2 heterocycles. The lowest BCUT2D eigenvalue weighted by atomic mass is 9.87. The lowest BCUT2D eigenvalue weighted by Gasteiger charge is -2.29. The minimum Gasteiger partial charge on any atom is -0.493 e. The molecule has 0 fully saturated rings. The highest BCUT2D eigenvalue weighted by atomic mass is 16.5. The van der Waals surface area contributed by atoms with Gasteiger partial charge in [-0.15, -0.1) is 0 Å². The molecule has 6 rings (SSSR count). The Balaban J connectivity index is 1.27. The van der Waals surface area contributed by atoms with Crippen LogP contribution in [0.1, 0.15) is 56.6 Å². The van der Waals surface area contributed by atoms with Crippen LogP contribution in [0.3, 0.4) is 0 Å². The molecule has 2 atom stereocenters.